The molecule has 1 saturated heterocycles. The van der Waals surface area contributed by atoms with E-state index < -0.39 is 22.4 Å². The van der Waals surface area contributed by atoms with Crippen molar-refractivity contribution < 1.29 is 19.2 Å². The van der Waals surface area contributed by atoms with Crippen LogP contribution in [-0.2, 0) is 10.3 Å². The van der Waals surface area contributed by atoms with Gasteiger partial charge in [-0.3, -0.25) is 19.8 Å². The van der Waals surface area contributed by atoms with E-state index in [2.05, 4.69) is 5.32 Å². The van der Waals surface area contributed by atoms with Crippen molar-refractivity contribution in [3.05, 3.63) is 69.8 Å². The predicted molar refractivity (Wildman–Crippen MR) is 97.3 cm³/mol. The fourth-order valence-electron chi connectivity index (χ4n) is 2.91. The number of urea groups is 1. The summed E-state index contributed by atoms with van der Waals surface area (Å²) < 4.78 is 5.52. The Hall–Kier alpha value is -3.93. The highest BCUT2D eigenvalue weighted by atomic mass is 16.6. The normalized spacial score (nSPS) is 18.5. The molecule has 1 fully saturated rings. The molecule has 9 heteroatoms. The summed E-state index contributed by atoms with van der Waals surface area (Å²) >= 11 is 0. The molecule has 0 aliphatic carbocycles. The van der Waals surface area contributed by atoms with Gasteiger partial charge in [0.1, 0.15) is 17.9 Å². The Kier molecular flexibility index (Phi) is 4.96. The molecule has 1 N–H and O–H groups in total. The highest BCUT2D eigenvalue weighted by Gasteiger charge is 2.49. The SMILES string of the molecule is CC1(c2cccc([N+](=O)[O-])c2)NC(=O)N(CCOc2ccc(C#N)cc2)C1=O. The number of hydrogen-bond donors (Lipinski definition) is 1. The minimum absolute atomic E-state index is 0.00911. The first-order valence-corrected chi connectivity index (χ1v) is 8.37. The molecule has 142 valence electrons. The molecular weight excluding hydrogens is 364 g/mol. The average Bonchev–Trinajstić information content (AvgIpc) is 2.92. The molecular formula is C19H16N4O5. The number of nitrogens with zero attached hydrogens (tertiary/aromatic N) is 3. The zero-order valence-corrected chi connectivity index (χ0v) is 14.9. The van der Waals surface area contributed by atoms with Crippen molar-refractivity contribution >= 4 is 17.6 Å². The Morgan fingerprint density at radius 2 is 1.96 bits per heavy atom. The molecule has 0 saturated carbocycles. The molecule has 28 heavy (non-hydrogen) atoms. The second-order valence-corrected chi connectivity index (χ2v) is 6.30. The Bertz CT molecular complexity index is 983. The molecule has 1 unspecified atom stereocenters. The first-order valence-electron chi connectivity index (χ1n) is 8.37. The van der Waals surface area contributed by atoms with Crippen LogP contribution in [0.15, 0.2) is 48.5 Å². The van der Waals surface area contributed by atoms with E-state index in [4.69, 9.17) is 10.00 Å². The third-order valence-corrected chi connectivity index (χ3v) is 4.48. The van der Waals surface area contributed by atoms with E-state index in [9.17, 15) is 19.7 Å². The summed E-state index contributed by atoms with van der Waals surface area (Å²) in [6, 6.07) is 13.5. The van der Waals surface area contributed by atoms with Crippen molar-refractivity contribution in [2.75, 3.05) is 13.2 Å². The number of rotatable bonds is 6. The summed E-state index contributed by atoms with van der Waals surface area (Å²) in [7, 11) is 0. The lowest BCUT2D eigenvalue weighted by molar-refractivity contribution is -0.385. The Labute approximate surface area is 160 Å². The standard InChI is InChI=1S/C19H16N4O5/c1-19(14-3-2-4-15(11-14)23(26)27)17(24)22(18(25)21-19)9-10-28-16-7-5-13(12-20)6-8-16/h2-8,11H,9-10H2,1H3,(H,21,25). The van der Waals surface area contributed by atoms with Crippen molar-refractivity contribution in [2.45, 2.75) is 12.5 Å². The quantitative estimate of drug-likeness (QED) is 0.466. The van der Waals surface area contributed by atoms with E-state index in [1.165, 1.54) is 25.1 Å². The number of imide groups is 1. The predicted octanol–water partition coefficient (Wildman–Crippen LogP) is 2.31. The summed E-state index contributed by atoms with van der Waals surface area (Å²) in [6.07, 6.45) is 0. The number of nitriles is 1. The number of benzene rings is 2. The first kappa shape index (κ1) is 18.8. The molecule has 2 aromatic rings. The van der Waals surface area contributed by atoms with Gasteiger partial charge in [0.05, 0.1) is 23.1 Å². The van der Waals surface area contributed by atoms with Gasteiger partial charge in [0.15, 0.2) is 0 Å². The number of nitro groups is 1. The number of carbonyl (C=O) groups is 2. The summed E-state index contributed by atoms with van der Waals surface area (Å²) in [5.74, 6) is -0.00562. The van der Waals surface area contributed by atoms with Gasteiger partial charge < -0.3 is 10.1 Å². The minimum atomic E-state index is -1.39. The zero-order valence-electron chi connectivity index (χ0n) is 14.9. The van der Waals surface area contributed by atoms with E-state index in [0.29, 0.717) is 16.9 Å². The number of carbonyl (C=O) groups excluding carboxylic acids is 2. The van der Waals surface area contributed by atoms with Gasteiger partial charge in [-0.15, -0.1) is 0 Å². The maximum absolute atomic E-state index is 12.8. The third-order valence-electron chi connectivity index (χ3n) is 4.48. The van der Waals surface area contributed by atoms with Gasteiger partial charge in [-0.25, -0.2) is 4.79 Å². The lowest BCUT2D eigenvalue weighted by Gasteiger charge is -2.22. The second kappa shape index (κ2) is 7.36. The average molecular weight is 380 g/mol. The van der Waals surface area contributed by atoms with Crippen LogP contribution in [0.25, 0.3) is 0 Å². The van der Waals surface area contributed by atoms with Crippen LogP contribution < -0.4 is 10.1 Å². The number of nitrogens with one attached hydrogen (secondary N) is 1. The van der Waals surface area contributed by atoms with Crippen LogP contribution in [0.4, 0.5) is 10.5 Å². The molecule has 3 rings (SSSR count). The molecule has 0 aromatic heterocycles. The van der Waals surface area contributed by atoms with E-state index in [0.717, 1.165) is 4.90 Å². The van der Waals surface area contributed by atoms with Gasteiger partial charge in [-0.1, -0.05) is 12.1 Å². The lowest BCUT2D eigenvalue weighted by Crippen LogP contribution is -2.41. The topological polar surface area (TPSA) is 126 Å². The van der Waals surface area contributed by atoms with E-state index in [-0.39, 0.29) is 18.8 Å². The molecule has 1 aliphatic rings. The summed E-state index contributed by atoms with van der Waals surface area (Å²) in [4.78, 5) is 36.6. The number of nitro benzene ring substituents is 1. The van der Waals surface area contributed by atoms with Crippen LogP contribution in [0.2, 0.25) is 0 Å². The third kappa shape index (κ3) is 3.48. The van der Waals surface area contributed by atoms with Crippen LogP contribution in [0.3, 0.4) is 0 Å². The van der Waals surface area contributed by atoms with Crippen LogP contribution in [0, 0.1) is 21.4 Å². The largest absolute Gasteiger partial charge is 0.492 e. The van der Waals surface area contributed by atoms with Crippen LogP contribution >= 0.6 is 0 Å². The molecule has 0 radical (unpaired) electrons. The highest BCUT2D eigenvalue weighted by molar-refractivity contribution is 6.07. The molecule has 9 nitrogen and oxygen atoms in total. The van der Waals surface area contributed by atoms with Crippen molar-refractivity contribution in [1.29, 1.82) is 5.26 Å². The number of hydrogen-bond acceptors (Lipinski definition) is 6. The van der Waals surface area contributed by atoms with Gasteiger partial charge in [-0.05, 0) is 36.8 Å². The van der Waals surface area contributed by atoms with Gasteiger partial charge in [0.25, 0.3) is 11.6 Å². The molecule has 0 spiro atoms. The molecule has 1 atom stereocenters. The highest BCUT2D eigenvalue weighted by Crippen LogP contribution is 2.30. The molecule has 3 amide bonds. The lowest BCUT2D eigenvalue weighted by atomic mass is 9.91. The smallest absolute Gasteiger partial charge is 0.325 e. The maximum atomic E-state index is 12.8. The fraction of sp³-hybridized carbons (Fsp3) is 0.211. The van der Waals surface area contributed by atoms with Crippen molar-refractivity contribution in [2.24, 2.45) is 0 Å². The molecule has 2 aromatic carbocycles. The maximum Gasteiger partial charge on any atom is 0.325 e. The fourth-order valence-corrected chi connectivity index (χ4v) is 2.91. The van der Waals surface area contributed by atoms with Crippen molar-refractivity contribution in [1.82, 2.24) is 10.2 Å². The summed E-state index contributed by atoms with van der Waals surface area (Å²) in [6.45, 7) is 1.58. The molecule has 0 bridgehead atoms. The molecule has 1 heterocycles. The minimum Gasteiger partial charge on any atom is -0.492 e. The number of amides is 3. The van der Waals surface area contributed by atoms with Gasteiger partial charge in [0.2, 0.25) is 0 Å². The van der Waals surface area contributed by atoms with Gasteiger partial charge in [-0.2, -0.15) is 5.26 Å². The van der Waals surface area contributed by atoms with Crippen molar-refractivity contribution in [3.63, 3.8) is 0 Å². The van der Waals surface area contributed by atoms with Crippen LogP contribution in [0.1, 0.15) is 18.1 Å². The van der Waals surface area contributed by atoms with E-state index >= 15 is 0 Å². The van der Waals surface area contributed by atoms with E-state index in [1.807, 2.05) is 6.07 Å². The molecule has 1 aliphatic heterocycles. The van der Waals surface area contributed by atoms with E-state index in [1.54, 1.807) is 30.3 Å². The summed E-state index contributed by atoms with van der Waals surface area (Å²) in [5.41, 5.74) is -0.731. The van der Waals surface area contributed by atoms with Crippen molar-refractivity contribution in [3.8, 4) is 11.8 Å². The summed E-state index contributed by atoms with van der Waals surface area (Å²) in [5, 5.41) is 22.4. The first-order chi connectivity index (χ1) is 13.3. The Morgan fingerprint density at radius 3 is 2.61 bits per heavy atom. The number of non-ortho nitro benzene ring substituents is 1. The van der Waals surface area contributed by atoms with Gasteiger partial charge >= 0.3 is 6.03 Å². The zero-order chi connectivity index (χ0) is 20.3. The van der Waals surface area contributed by atoms with Gasteiger partial charge in [0, 0.05) is 12.1 Å². The monoisotopic (exact) mass is 380 g/mol. The number of ether oxygens (including phenoxy) is 1. The van der Waals surface area contributed by atoms with Crippen LogP contribution in [0.5, 0.6) is 5.75 Å². The Balaban J connectivity index is 1.69. The second-order valence-electron chi connectivity index (χ2n) is 6.30. The van der Waals surface area contributed by atoms with Crippen LogP contribution in [-0.4, -0.2) is 34.9 Å². The Morgan fingerprint density at radius 1 is 1.25 bits per heavy atom.